The zero-order valence-corrected chi connectivity index (χ0v) is 44.7. The molecule has 0 saturated heterocycles. The van der Waals surface area contributed by atoms with E-state index in [-0.39, 0.29) is 35.7 Å². The van der Waals surface area contributed by atoms with Crippen LogP contribution in [-0.4, -0.2) is 58.7 Å². The lowest BCUT2D eigenvalue weighted by molar-refractivity contribution is 0.0501. The molecule has 4 amide bonds. The Hall–Kier alpha value is -6.28. The zero-order chi connectivity index (χ0) is 51.6. The van der Waals surface area contributed by atoms with E-state index in [0.29, 0.717) is 70.6 Å². The highest BCUT2D eigenvalue weighted by molar-refractivity contribution is 6.43. The van der Waals surface area contributed by atoms with Crippen molar-refractivity contribution in [1.29, 1.82) is 0 Å². The van der Waals surface area contributed by atoms with Gasteiger partial charge in [0.2, 0.25) is 0 Å². The second-order valence-electron chi connectivity index (χ2n) is 21.2. The summed E-state index contributed by atoms with van der Waals surface area (Å²) in [5.74, 6) is 0.00529. The van der Waals surface area contributed by atoms with E-state index in [4.69, 9.17) is 9.47 Å². The van der Waals surface area contributed by atoms with Crippen molar-refractivity contribution in [3.63, 3.8) is 0 Å². The first-order valence-corrected chi connectivity index (χ1v) is 28.7. The van der Waals surface area contributed by atoms with E-state index >= 15 is 19.2 Å². The van der Waals surface area contributed by atoms with Crippen LogP contribution in [0.3, 0.4) is 0 Å². The quantitative estimate of drug-likeness (QED) is 0.0193. The SMILES string of the molecule is CCCCCCC(CCCCCC)N1C(=O)c2ccc3c4c(OCCc5ccccc5)cc5c6c(cc(OCCc7ccccc7)c(c7ccc(c2c37)C1=O)c64)C(=O)N(C(CCCCCC)CCCCCC)C5=O. The fourth-order valence-corrected chi connectivity index (χ4v) is 12.2. The second-order valence-corrected chi connectivity index (χ2v) is 21.2. The summed E-state index contributed by atoms with van der Waals surface area (Å²) in [5.41, 5.74) is 4.20. The van der Waals surface area contributed by atoms with Gasteiger partial charge in [0.15, 0.2) is 0 Å². The molecule has 2 aliphatic heterocycles. The lowest BCUT2D eigenvalue weighted by atomic mass is 9.81. The standard InChI is InChI=1S/C66H78N2O6/c1-5-9-13-23-31-47(32-24-14-10-6-2)67-63(69)51-37-35-49-57-50(36-38-52(58(51)57)64(67)70)61-56(74-42-40-46-29-21-18-22-30-46)44-54-59-53(43-55(60(49)62(59)61)73-41-39-45-27-19-17-20-28-45)65(71)68(66(54)72)48(33-25-15-11-7-3)34-26-16-12-8-4/h17-22,27-30,35-38,43-44,47-48H,5-16,23-26,31-34,39-42H2,1-4H3. The van der Waals surface area contributed by atoms with Gasteiger partial charge in [-0.2, -0.15) is 0 Å². The molecule has 0 N–H and O–H groups in total. The Labute approximate surface area is 439 Å². The number of amides is 4. The van der Waals surface area contributed by atoms with E-state index in [2.05, 4.69) is 52.0 Å². The average Bonchev–Trinajstić information content (AvgIpc) is 3.46. The topological polar surface area (TPSA) is 93.2 Å². The summed E-state index contributed by atoms with van der Waals surface area (Å²) in [4.78, 5) is 64.5. The van der Waals surface area contributed by atoms with Crippen molar-refractivity contribution in [1.82, 2.24) is 9.80 Å². The van der Waals surface area contributed by atoms with Gasteiger partial charge in [-0.3, -0.25) is 29.0 Å². The van der Waals surface area contributed by atoms with E-state index in [1.54, 1.807) is 9.80 Å². The number of carbonyl (C=O) groups is 4. The van der Waals surface area contributed by atoms with Crippen molar-refractivity contribution in [2.75, 3.05) is 13.2 Å². The Morgan fingerprint density at radius 1 is 0.365 bits per heavy atom. The van der Waals surface area contributed by atoms with Crippen LogP contribution in [-0.2, 0) is 12.8 Å². The Morgan fingerprint density at radius 2 is 0.716 bits per heavy atom. The van der Waals surface area contributed by atoms with Gasteiger partial charge in [-0.1, -0.05) is 203 Å². The van der Waals surface area contributed by atoms with E-state index in [1.165, 1.54) is 0 Å². The van der Waals surface area contributed by atoms with Crippen molar-refractivity contribution in [3.8, 4) is 11.5 Å². The molecule has 2 aliphatic rings. The van der Waals surface area contributed by atoms with Crippen molar-refractivity contribution in [3.05, 3.63) is 130 Å². The molecule has 0 unspecified atom stereocenters. The molecule has 0 atom stereocenters. The van der Waals surface area contributed by atoms with Gasteiger partial charge in [0.05, 0.1) is 24.3 Å². The largest absolute Gasteiger partial charge is 0.493 e. The van der Waals surface area contributed by atoms with E-state index in [9.17, 15) is 0 Å². The molecule has 0 fully saturated rings. The second kappa shape index (κ2) is 24.8. The minimum Gasteiger partial charge on any atom is -0.493 e. The van der Waals surface area contributed by atoms with Crippen LogP contribution in [0.1, 0.15) is 209 Å². The number of imide groups is 2. The molecule has 0 saturated carbocycles. The Kier molecular flexibility index (Phi) is 17.6. The first-order chi connectivity index (χ1) is 36.3. The predicted octanol–water partition coefficient (Wildman–Crippen LogP) is 16.8. The molecular formula is C66H78N2O6. The molecule has 0 bridgehead atoms. The van der Waals surface area contributed by atoms with E-state index < -0.39 is 0 Å². The molecule has 0 aliphatic carbocycles. The van der Waals surface area contributed by atoms with Crippen molar-refractivity contribution < 1.29 is 28.7 Å². The number of unbranched alkanes of at least 4 members (excludes halogenated alkanes) is 12. The number of carbonyl (C=O) groups excluding carboxylic acids is 4. The van der Waals surface area contributed by atoms with Gasteiger partial charge in [-0.05, 0) is 77.2 Å². The molecule has 8 nitrogen and oxygen atoms in total. The van der Waals surface area contributed by atoms with Crippen LogP contribution >= 0.6 is 0 Å². The molecule has 9 rings (SSSR count). The smallest absolute Gasteiger partial charge is 0.261 e. The van der Waals surface area contributed by atoms with Crippen LogP contribution in [0.5, 0.6) is 11.5 Å². The summed E-state index contributed by atoms with van der Waals surface area (Å²) >= 11 is 0. The summed E-state index contributed by atoms with van der Waals surface area (Å²) in [6.45, 7) is 9.49. The molecule has 0 radical (unpaired) electrons. The van der Waals surface area contributed by atoms with Gasteiger partial charge in [-0.25, -0.2) is 0 Å². The summed E-state index contributed by atoms with van der Waals surface area (Å²) in [5, 5.41) is 5.86. The molecule has 8 heteroatoms. The maximum absolute atomic E-state index is 15.5. The van der Waals surface area contributed by atoms with Gasteiger partial charge in [0.25, 0.3) is 23.6 Å². The maximum Gasteiger partial charge on any atom is 0.261 e. The fraction of sp³-hybridized carbons (Fsp3) is 0.455. The third kappa shape index (κ3) is 10.8. The number of benzene rings is 7. The molecular weight excluding hydrogens is 917 g/mol. The van der Waals surface area contributed by atoms with Crippen molar-refractivity contribution >= 4 is 66.7 Å². The van der Waals surface area contributed by atoms with Gasteiger partial charge in [0.1, 0.15) is 11.5 Å². The molecule has 7 aromatic rings. The fourth-order valence-electron chi connectivity index (χ4n) is 12.2. The van der Waals surface area contributed by atoms with Gasteiger partial charge in [0, 0.05) is 63.0 Å². The highest BCUT2D eigenvalue weighted by Gasteiger charge is 2.42. The van der Waals surface area contributed by atoms with Crippen LogP contribution in [0, 0.1) is 0 Å². The molecule has 74 heavy (non-hydrogen) atoms. The maximum atomic E-state index is 15.5. The highest BCUT2D eigenvalue weighted by atomic mass is 16.5. The highest BCUT2D eigenvalue weighted by Crippen LogP contribution is 2.52. The number of fused-ring (bicyclic) bond motifs is 2. The van der Waals surface area contributed by atoms with Crippen molar-refractivity contribution in [2.24, 2.45) is 0 Å². The first kappa shape index (κ1) is 52.6. The summed E-state index contributed by atoms with van der Waals surface area (Å²) in [6.07, 6.45) is 21.4. The molecule has 7 aromatic carbocycles. The predicted molar refractivity (Wildman–Crippen MR) is 303 cm³/mol. The lowest BCUT2D eigenvalue weighted by Crippen LogP contribution is -2.47. The number of hydrogen-bond donors (Lipinski definition) is 0. The van der Waals surface area contributed by atoms with Crippen LogP contribution in [0.25, 0.3) is 43.1 Å². The van der Waals surface area contributed by atoms with E-state index in [0.717, 1.165) is 172 Å². The van der Waals surface area contributed by atoms with Crippen LogP contribution < -0.4 is 9.47 Å². The number of hydrogen-bond acceptors (Lipinski definition) is 6. The van der Waals surface area contributed by atoms with Gasteiger partial charge >= 0.3 is 0 Å². The number of nitrogens with zero attached hydrogens (tertiary/aromatic N) is 2. The van der Waals surface area contributed by atoms with Crippen molar-refractivity contribution in [2.45, 2.75) is 181 Å². The van der Waals surface area contributed by atoms with Crippen LogP contribution in [0.2, 0.25) is 0 Å². The molecule has 0 aromatic heterocycles. The number of ether oxygens (including phenoxy) is 2. The normalized spacial score (nSPS) is 13.6. The summed E-state index contributed by atoms with van der Waals surface area (Å²) in [6, 6.07) is 31.7. The number of rotatable bonds is 30. The zero-order valence-electron chi connectivity index (χ0n) is 44.7. The van der Waals surface area contributed by atoms with Gasteiger partial charge < -0.3 is 9.47 Å². The molecule has 388 valence electrons. The summed E-state index contributed by atoms with van der Waals surface area (Å²) in [7, 11) is 0. The van der Waals surface area contributed by atoms with Crippen LogP contribution in [0.4, 0.5) is 0 Å². The average molecular weight is 995 g/mol. The minimum atomic E-state index is -0.284. The Balaban J connectivity index is 1.25. The minimum absolute atomic E-state index is 0.188. The van der Waals surface area contributed by atoms with Crippen LogP contribution in [0.15, 0.2) is 97.1 Å². The third-order valence-corrected chi connectivity index (χ3v) is 16.1. The lowest BCUT2D eigenvalue weighted by Gasteiger charge is -2.36. The Morgan fingerprint density at radius 3 is 1.08 bits per heavy atom. The Bertz CT molecular complexity index is 2880. The third-order valence-electron chi connectivity index (χ3n) is 16.1. The monoisotopic (exact) mass is 995 g/mol. The molecule has 0 spiro atoms. The molecule has 2 heterocycles. The summed E-state index contributed by atoms with van der Waals surface area (Å²) < 4.78 is 14.0. The first-order valence-electron chi connectivity index (χ1n) is 28.7. The van der Waals surface area contributed by atoms with E-state index in [1.807, 2.05) is 72.8 Å². The van der Waals surface area contributed by atoms with Gasteiger partial charge in [-0.15, -0.1) is 0 Å².